The van der Waals surface area contributed by atoms with Gasteiger partial charge in [0.25, 0.3) is 5.69 Å². The third-order valence-electron chi connectivity index (χ3n) is 3.11. The number of rotatable bonds is 5. The van der Waals surface area contributed by atoms with E-state index in [2.05, 4.69) is 15.3 Å². The summed E-state index contributed by atoms with van der Waals surface area (Å²) < 4.78 is 0. The molecular formula is C13H14N4O4. The number of nitrogens with zero attached hydrogens (tertiary/aromatic N) is 3. The summed E-state index contributed by atoms with van der Waals surface area (Å²) in [5.74, 6) is -0.572. The van der Waals surface area contributed by atoms with Gasteiger partial charge < -0.3 is 10.4 Å². The third kappa shape index (κ3) is 3.04. The number of benzene rings is 1. The highest BCUT2D eigenvalue weighted by Crippen LogP contribution is 2.25. The summed E-state index contributed by atoms with van der Waals surface area (Å²) in [6, 6.07) is 4.26. The van der Waals surface area contributed by atoms with Crippen molar-refractivity contribution in [2.24, 2.45) is 5.41 Å². The van der Waals surface area contributed by atoms with Crippen molar-refractivity contribution >= 4 is 28.4 Å². The maximum atomic E-state index is 11.1. The van der Waals surface area contributed by atoms with Crippen LogP contribution >= 0.6 is 0 Å². The number of carboxylic acids is 1. The molecule has 0 amide bonds. The lowest BCUT2D eigenvalue weighted by Crippen LogP contribution is -2.32. The Hall–Kier alpha value is -2.77. The van der Waals surface area contributed by atoms with Crippen LogP contribution in [0.1, 0.15) is 13.8 Å². The van der Waals surface area contributed by atoms with Gasteiger partial charge in [-0.3, -0.25) is 14.9 Å². The van der Waals surface area contributed by atoms with Crippen molar-refractivity contribution in [1.82, 2.24) is 9.97 Å². The van der Waals surface area contributed by atoms with Crippen LogP contribution in [0.5, 0.6) is 0 Å². The van der Waals surface area contributed by atoms with Gasteiger partial charge in [-0.2, -0.15) is 0 Å². The van der Waals surface area contributed by atoms with E-state index in [-0.39, 0.29) is 12.2 Å². The van der Waals surface area contributed by atoms with Crippen LogP contribution in [0.4, 0.5) is 11.5 Å². The summed E-state index contributed by atoms with van der Waals surface area (Å²) in [5, 5.41) is 23.3. The zero-order valence-electron chi connectivity index (χ0n) is 11.5. The Bertz CT molecular complexity index is 714. The van der Waals surface area contributed by atoms with Gasteiger partial charge in [-0.1, -0.05) is 0 Å². The molecular weight excluding hydrogens is 276 g/mol. The van der Waals surface area contributed by atoms with Gasteiger partial charge in [0.15, 0.2) is 0 Å². The molecule has 0 spiro atoms. The lowest BCUT2D eigenvalue weighted by atomic mass is 9.94. The Morgan fingerprint density at radius 2 is 2.14 bits per heavy atom. The molecule has 0 radical (unpaired) electrons. The smallest absolute Gasteiger partial charge is 0.310 e. The number of non-ortho nitro benzene ring substituents is 1. The lowest BCUT2D eigenvalue weighted by molar-refractivity contribution is -0.384. The summed E-state index contributed by atoms with van der Waals surface area (Å²) in [6.45, 7) is 3.29. The molecule has 8 nitrogen and oxygen atoms in total. The predicted octanol–water partition coefficient (Wildman–Crippen LogP) is 2.06. The number of carbonyl (C=O) groups is 1. The van der Waals surface area contributed by atoms with Crippen LogP contribution in [0.25, 0.3) is 10.9 Å². The number of nitro benzene ring substituents is 1. The van der Waals surface area contributed by atoms with Gasteiger partial charge in [-0.15, -0.1) is 0 Å². The quantitative estimate of drug-likeness (QED) is 0.639. The first-order chi connectivity index (χ1) is 9.81. The van der Waals surface area contributed by atoms with E-state index in [9.17, 15) is 14.9 Å². The molecule has 0 bridgehead atoms. The van der Waals surface area contributed by atoms with Gasteiger partial charge >= 0.3 is 5.97 Å². The second-order valence-corrected chi connectivity index (χ2v) is 5.22. The maximum Gasteiger partial charge on any atom is 0.310 e. The molecule has 2 rings (SSSR count). The number of nitro groups is 1. The van der Waals surface area contributed by atoms with E-state index in [1.165, 1.54) is 24.5 Å². The molecule has 1 heterocycles. The lowest BCUT2D eigenvalue weighted by Gasteiger charge is -2.20. The highest BCUT2D eigenvalue weighted by atomic mass is 16.6. The molecule has 21 heavy (non-hydrogen) atoms. The Kier molecular flexibility index (Phi) is 3.70. The van der Waals surface area contributed by atoms with Crippen LogP contribution in [0, 0.1) is 15.5 Å². The van der Waals surface area contributed by atoms with Crippen LogP contribution in [-0.4, -0.2) is 32.5 Å². The summed E-state index contributed by atoms with van der Waals surface area (Å²) in [5.41, 5.74) is -0.512. The molecule has 110 valence electrons. The Morgan fingerprint density at radius 3 is 2.76 bits per heavy atom. The average molecular weight is 290 g/mol. The fourth-order valence-corrected chi connectivity index (χ4v) is 1.68. The minimum atomic E-state index is -0.988. The number of fused-ring (bicyclic) bond motifs is 1. The van der Waals surface area contributed by atoms with Gasteiger partial charge in [-0.05, 0) is 19.9 Å². The van der Waals surface area contributed by atoms with Crippen molar-refractivity contribution in [3.05, 3.63) is 34.6 Å². The molecule has 0 saturated heterocycles. The van der Waals surface area contributed by atoms with Crippen molar-refractivity contribution in [2.45, 2.75) is 13.8 Å². The normalized spacial score (nSPS) is 11.3. The van der Waals surface area contributed by atoms with Gasteiger partial charge in [0.1, 0.15) is 12.1 Å². The first-order valence-corrected chi connectivity index (χ1v) is 6.18. The van der Waals surface area contributed by atoms with Gasteiger partial charge in [0.2, 0.25) is 0 Å². The highest BCUT2D eigenvalue weighted by Gasteiger charge is 2.27. The largest absolute Gasteiger partial charge is 0.481 e. The summed E-state index contributed by atoms with van der Waals surface area (Å²) in [4.78, 5) is 29.5. The first-order valence-electron chi connectivity index (χ1n) is 6.18. The van der Waals surface area contributed by atoms with Crippen molar-refractivity contribution in [1.29, 1.82) is 0 Å². The summed E-state index contributed by atoms with van der Waals surface area (Å²) in [7, 11) is 0. The van der Waals surface area contributed by atoms with E-state index in [0.29, 0.717) is 16.7 Å². The number of carboxylic acid groups (broad SMARTS) is 1. The van der Waals surface area contributed by atoms with Crippen molar-refractivity contribution < 1.29 is 14.8 Å². The number of anilines is 1. The standard InChI is InChI=1S/C13H14N4O4/c1-13(2,12(18)19)6-14-11-9-5-8(17(20)21)3-4-10(9)15-7-16-11/h3-5,7H,6H2,1-2H3,(H,18,19)(H,14,15,16). The molecule has 2 N–H and O–H groups in total. The monoisotopic (exact) mass is 290 g/mol. The van der Waals surface area contributed by atoms with Crippen molar-refractivity contribution in [3.8, 4) is 0 Å². The predicted molar refractivity (Wildman–Crippen MR) is 76.1 cm³/mol. The molecule has 1 aromatic heterocycles. The van der Waals surface area contributed by atoms with Crippen LogP contribution in [0.2, 0.25) is 0 Å². The molecule has 0 aliphatic carbocycles. The summed E-state index contributed by atoms with van der Waals surface area (Å²) >= 11 is 0. The zero-order valence-corrected chi connectivity index (χ0v) is 11.5. The molecule has 0 atom stereocenters. The number of aliphatic carboxylic acids is 1. The summed E-state index contributed by atoms with van der Waals surface area (Å²) in [6.07, 6.45) is 1.32. The molecule has 0 fully saturated rings. The first kappa shape index (κ1) is 14.6. The van der Waals surface area contributed by atoms with Gasteiger partial charge in [0, 0.05) is 24.1 Å². The highest BCUT2D eigenvalue weighted by molar-refractivity contribution is 5.90. The molecule has 0 saturated carbocycles. The second kappa shape index (κ2) is 5.31. The second-order valence-electron chi connectivity index (χ2n) is 5.22. The number of aromatic nitrogens is 2. The van der Waals surface area contributed by atoms with E-state index in [1.54, 1.807) is 13.8 Å². The minimum absolute atomic E-state index is 0.0714. The van der Waals surface area contributed by atoms with E-state index < -0.39 is 16.3 Å². The van der Waals surface area contributed by atoms with Crippen LogP contribution in [0.3, 0.4) is 0 Å². The van der Waals surface area contributed by atoms with Gasteiger partial charge in [0.05, 0.1) is 15.9 Å². The van der Waals surface area contributed by atoms with E-state index >= 15 is 0 Å². The molecule has 2 aromatic rings. The molecule has 0 unspecified atom stereocenters. The molecule has 8 heteroatoms. The topological polar surface area (TPSA) is 118 Å². The number of nitrogens with one attached hydrogen (secondary N) is 1. The van der Waals surface area contributed by atoms with Crippen molar-refractivity contribution in [2.75, 3.05) is 11.9 Å². The van der Waals surface area contributed by atoms with E-state index in [4.69, 9.17) is 5.11 Å². The zero-order chi connectivity index (χ0) is 15.6. The van der Waals surface area contributed by atoms with E-state index in [1.807, 2.05) is 0 Å². The van der Waals surface area contributed by atoms with Crippen LogP contribution < -0.4 is 5.32 Å². The van der Waals surface area contributed by atoms with E-state index in [0.717, 1.165) is 0 Å². The average Bonchev–Trinajstić information content (AvgIpc) is 2.44. The Labute approximate surface area is 120 Å². The number of hydrogen-bond acceptors (Lipinski definition) is 6. The SMILES string of the molecule is CC(C)(CNc1ncnc2ccc([N+](=O)[O-])cc12)C(=O)O. The Morgan fingerprint density at radius 1 is 1.43 bits per heavy atom. The molecule has 1 aromatic carbocycles. The fourth-order valence-electron chi connectivity index (χ4n) is 1.68. The van der Waals surface area contributed by atoms with Crippen LogP contribution in [0.15, 0.2) is 24.5 Å². The maximum absolute atomic E-state index is 11.1. The fraction of sp³-hybridized carbons (Fsp3) is 0.308. The van der Waals surface area contributed by atoms with Crippen LogP contribution in [-0.2, 0) is 4.79 Å². The molecule has 0 aliphatic heterocycles. The Balaban J connectivity index is 2.37. The van der Waals surface area contributed by atoms with Gasteiger partial charge in [-0.25, -0.2) is 9.97 Å². The third-order valence-corrected chi connectivity index (χ3v) is 3.11. The molecule has 0 aliphatic rings. The minimum Gasteiger partial charge on any atom is -0.481 e. The van der Waals surface area contributed by atoms with Crippen molar-refractivity contribution in [3.63, 3.8) is 0 Å². The number of hydrogen-bond donors (Lipinski definition) is 2.